The van der Waals surface area contributed by atoms with Gasteiger partial charge in [0, 0.05) is 22.5 Å². The summed E-state index contributed by atoms with van der Waals surface area (Å²) in [5.41, 5.74) is -5.67. The lowest BCUT2D eigenvalue weighted by Gasteiger charge is -2.13. The van der Waals surface area contributed by atoms with Gasteiger partial charge in [0.05, 0.1) is 0 Å². The largest absolute Gasteiger partial charge is 0.435 e. The number of carbonyl (C=O) groups excluding carboxylic acids is 2. The van der Waals surface area contributed by atoms with Gasteiger partial charge in [-0.1, -0.05) is 47.5 Å². The van der Waals surface area contributed by atoms with Gasteiger partial charge in [0.2, 0.25) is 15.7 Å². The number of amides is 2. The lowest BCUT2D eigenvalue weighted by molar-refractivity contribution is -0.0505. The molecule has 0 heterocycles. The molecule has 2 unspecified atom stereocenters. The number of hydrogen-bond donors (Lipinski definition) is 2. The van der Waals surface area contributed by atoms with E-state index in [2.05, 4.69) is 20.1 Å². The van der Waals surface area contributed by atoms with Crippen LogP contribution in [0.15, 0.2) is 97.1 Å². The van der Waals surface area contributed by atoms with Crippen molar-refractivity contribution in [1.82, 2.24) is 0 Å². The van der Waals surface area contributed by atoms with Crippen molar-refractivity contribution in [3.05, 3.63) is 119 Å². The first kappa shape index (κ1) is 32.0. The van der Waals surface area contributed by atoms with Crippen LogP contribution in [-0.4, -0.2) is 29.4 Å². The third-order valence-corrected chi connectivity index (χ3v) is 8.08. The van der Waals surface area contributed by atoms with Crippen LogP contribution in [0.2, 0.25) is 0 Å². The van der Waals surface area contributed by atoms with Crippen LogP contribution in [0.5, 0.6) is 11.5 Å². The molecule has 1 aliphatic rings. The highest BCUT2D eigenvalue weighted by molar-refractivity contribution is 6.53. The summed E-state index contributed by atoms with van der Waals surface area (Å²) in [6, 6.07) is 19.9. The molecule has 5 rings (SSSR count). The number of anilines is 2. The smallest absolute Gasteiger partial charge is 0.387 e. The van der Waals surface area contributed by atoms with E-state index in [4.69, 9.17) is 23.2 Å². The summed E-state index contributed by atoms with van der Waals surface area (Å²) in [6.07, 6.45) is 0. The Labute approximate surface area is 261 Å². The van der Waals surface area contributed by atoms with Gasteiger partial charge in [-0.15, -0.1) is 0 Å². The highest BCUT2D eigenvalue weighted by Crippen LogP contribution is 2.80. The van der Waals surface area contributed by atoms with E-state index in [9.17, 15) is 27.2 Å². The maximum Gasteiger partial charge on any atom is 0.387 e. The zero-order chi connectivity index (χ0) is 32.6. The molecule has 45 heavy (non-hydrogen) atoms. The molecule has 0 aliphatic heterocycles. The van der Waals surface area contributed by atoms with Crippen LogP contribution in [0.25, 0.3) is 0 Å². The van der Waals surface area contributed by atoms with E-state index >= 15 is 8.78 Å². The van der Waals surface area contributed by atoms with Crippen molar-refractivity contribution in [2.75, 3.05) is 10.6 Å². The summed E-state index contributed by atoms with van der Waals surface area (Å²) in [5, 5.41) is 5.08. The number of carbonyl (C=O) groups is 2. The van der Waals surface area contributed by atoms with Crippen molar-refractivity contribution in [2.45, 2.75) is 28.9 Å². The summed E-state index contributed by atoms with van der Waals surface area (Å²) >= 11 is 12.4. The summed E-state index contributed by atoms with van der Waals surface area (Å²) in [6.45, 7) is -6.00. The van der Waals surface area contributed by atoms with Gasteiger partial charge < -0.3 is 20.1 Å². The van der Waals surface area contributed by atoms with E-state index in [1.54, 1.807) is 0 Å². The number of hydrogen-bond acceptors (Lipinski definition) is 4. The third-order valence-electron chi connectivity index (χ3n) is 7.04. The highest BCUT2D eigenvalue weighted by atomic mass is 35.5. The molecule has 0 saturated heterocycles. The maximum absolute atomic E-state index is 16.3. The molecule has 234 valence electrons. The van der Waals surface area contributed by atoms with E-state index in [1.807, 2.05) is 0 Å². The molecule has 1 aliphatic carbocycles. The minimum absolute atomic E-state index is 0.0710. The predicted molar refractivity (Wildman–Crippen MR) is 155 cm³/mol. The van der Waals surface area contributed by atoms with Crippen molar-refractivity contribution < 1.29 is 45.4 Å². The molecule has 2 amide bonds. The number of ether oxygens (including phenoxy) is 2. The van der Waals surface area contributed by atoms with Crippen molar-refractivity contribution in [2.24, 2.45) is 0 Å². The molecule has 6 nitrogen and oxygen atoms in total. The molecule has 0 bridgehead atoms. The number of nitrogens with one attached hydrogen (secondary N) is 2. The Morgan fingerprint density at radius 2 is 0.867 bits per heavy atom. The van der Waals surface area contributed by atoms with E-state index in [0.29, 0.717) is 0 Å². The molecular weight excluding hydrogens is 649 g/mol. The lowest BCUT2D eigenvalue weighted by atomic mass is 9.98. The molecular formula is C31H20Cl2F6N2O4. The topological polar surface area (TPSA) is 76.7 Å². The van der Waals surface area contributed by atoms with E-state index < -0.39 is 40.7 Å². The fourth-order valence-electron chi connectivity index (χ4n) is 4.73. The minimum Gasteiger partial charge on any atom is -0.435 e. The molecule has 4 aromatic carbocycles. The molecule has 2 N–H and O–H groups in total. The zero-order valence-corrected chi connectivity index (χ0v) is 24.1. The number of alkyl halides is 8. The van der Waals surface area contributed by atoms with E-state index in [0.717, 1.165) is 24.3 Å². The van der Waals surface area contributed by atoms with Gasteiger partial charge >= 0.3 is 13.2 Å². The second-order valence-corrected chi connectivity index (χ2v) is 11.1. The van der Waals surface area contributed by atoms with Crippen molar-refractivity contribution in [3.63, 3.8) is 0 Å². The zero-order valence-electron chi connectivity index (χ0n) is 22.5. The van der Waals surface area contributed by atoms with Crippen LogP contribution < -0.4 is 20.1 Å². The Bertz CT molecular complexity index is 1570. The van der Waals surface area contributed by atoms with Crippen LogP contribution in [0.3, 0.4) is 0 Å². The van der Waals surface area contributed by atoms with Gasteiger partial charge in [-0.25, -0.2) is 8.78 Å². The van der Waals surface area contributed by atoms with Crippen LogP contribution in [0, 0.1) is 0 Å². The van der Waals surface area contributed by atoms with Gasteiger partial charge in [0.25, 0.3) is 11.8 Å². The van der Waals surface area contributed by atoms with Crippen molar-refractivity contribution in [3.8, 4) is 11.5 Å². The number of halogens is 8. The molecule has 1 fully saturated rings. The summed E-state index contributed by atoms with van der Waals surface area (Å²) in [5.74, 6) is -1.44. The normalized spacial score (nSPS) is 20.0. The first-order chi connectivity index (χ1) is 21.3. The van der Waals surface area contributed by atoms with Crippen LogP contribution in [0.4, 0.5) is 37.7 Å². The second kappa shape index (κ2) is 12.2. The first-order valence-electron chi connectivity index (χ1n) is 13.0. The lowest BCUT2D eigenvalue weighted by Crippen LogP contribution is -2.16. The summed E-state index contributed by atoms with van der Waals surface area (Å²) < 4.78 is 87.8. The quantitative estimate of drug-likeness (QED) is 0.131. The average molecular weight is 669 g/mol. The third kappa shape index (κ3) is 5.99. The Hall–Kier alpha value is -4.42. The monoisotopic (exact) mass is 668 g/mol. The fraction of sp³-hybridized carbons (Fsp3) is 0.161. The molecule has 4 aromatic rings. The first-order valence-corrected chi connectivity index (χ1v) is 13.7. The van der Waals surface area contributed by atoms with Gasteiger partial charge in [0.15, 0.2) is 0 Å². The molecule has 1 saturated carbocycles. The van der Waals surface area contributed by atoms with Gasteiger partial charge in [-0.3, -0.25) is 9.59 Å². The predicted octanol–water partition coefficient (Wildman–Crippen LogP) is 8.61. The minimum atomic E-state index is -3.00. The standard InChI is InChI=1S/C31H20Cl2F6N2O4/c32-31(33)29(38,19-5-1-17(2-6-19)25(42)40-21-9-13-23(14-10-21)44-27(34)35)30(31,39)20-7-3-18(4-8-20)26(43)41-22-11-15-24(16-12-22)45-28(36)37/h1-16,27-28H,(H,40,42)(H,41,43). The molecule has 0 spiro atoms. The maximum atomic E-state index is 16.3. The van der Waals surface area contributed by atoms with Crippen molar-refractivity contribution >= 4 is 46.4 Å². The van der Waals surface area contributed by atoms with E-state index in [-0.39, 0.29) is 45.1 Å². The molecule has 14 heteroatoms. The Balaban J connectivity index is 1.26. The number of benzene rings is 4. The molecule has 2 atom stereocenters. The van der Waals surface area contributed by atoms with Gasteiger partial charge in [-0.05, 0) is 83.9 Å². The van der Waals surface area contributed by atoms with Crippen LogP contribution >= 0.6 is 23.2 Å². The fourth-order valence-corrected chi connectivity index (χ4v) is 5.59. The van der Waals surface area contributed by atoms with E-state index in [1.165, 1.54) is 72.8 Å². The second-order valence-electron chi connectivity index (χ2n) is 9.76. The average Bonchev–Trinajstić information content (AvgIpc) is 3.38. The van der Waals surface area contributed by atoms with Gasteiger partial charge in [0.1, 0.15) is 11.5 Å². The Morgan fingerprint density at radius 1 is 0.556 bits per heavy atom. The molecule has 0 aromatic heterocycles. The van der Waals surface area contributed by atoms with Gasteiger partial charge in [-0.2, -0.15) is 17.6 Å². The summed E-state index contributed by atoms with van der Waals surface area (Å²) in [7, 11) is 0. The SMILES string of the molecule is O=C(Nc1ccc(OC(F)F)cc1)c1ccc(C2(F)C(Cl)(Cl)C2(F)c2ccc(C(=O)Nc3ccc(OC(F)F)cc3)cc2)cc1. The van der Waals surface area contributed by atoms with Crippen LogP contribution in [-0.2, 0) is 11.3 Å². The number of rotatable bonds is 10. The highest BCUT2D eigenvalue weighted by Gasteiger charge is 2.92. The van der Waals surface area contributed by atoms with Crippen LogP contribution in [0.1, 0.15) is 31.8 Å². The molecule has 0 radical (unpaired) electrons. The van der Waals surface area contributed by atoms with Crippen molar-refractivity contribution in [1.29, 1.82) is 0 Å². The Morgan fingerprint density at radius 3 is 1.16 bits per heavy atom. The summed E-state index contributed by atoms with van der Waals surface area (Å²) in [4.78, 5) is 25.3. The Kier molecular flexibility index (Phi) is 8.65.